The molecule has 1 aliphatic rings. The van der Waals surface area contributed by atoms with Gasteiger partial charge in [0.1, 0.15) is 10.4 Å². The van der Waals surface area contributed by atoms with Crippen LogP contribution in [-0.2, 0) is 4.74 Å². The Bertz CT molecular complexity index is 1190. The monoisotopic (exact) mass is 432 g/mol. The highest BCUT2D eigenvalue weighted by Crippen LogP contribution is 2.32. The lowest BCUT2D eigenvalue weighted by Gasteiger charge is -2.26. The Kier molecular flexibility index (Phi) is 5.47. The van der Waals surface area contributed by atoms with Crippen molar-refractivity contribution in [2.24, 2.45) is 0 Å². The number of aromatic nitrogens is 2. The number of anilines is 2. The number of ether oxygens (including phenoxy) is 2. The van der Waals surface area contributed by atoms with E-state index in [0.717, 1.165) is 15.9 Å². The highest BCUT2D eigenvalue weighted by Gasteiger charge is 2.18. The first-order valence-corrected chi connectivity index (χ1v) is 10.9. The number of nitrogens with zero attached hydrogens (tertiary/aromatic N) is 3. The summed E-state index contributed by atoms with van der Waals surface area (Å²) in [7, 11) is 0. The molecule has 31 heavy (non-hydrogen) atoms. The minimum Gasteiger partial charge on any atom is -0.437 e. The van der Waals surface area contributed by atoms with E-state index in [1.165, 1.54) is 11.3 Å². The van der Waals surface area contributed by atoms with Crippen molar-refractivity contribution in [1.29, 1.82) is 0 Å². The van der Waals surface area contributed by atoms with Gasteiger partial charge in [0.05, 0.1) is 18.7 Å². The molecule has 0 aliphatic carbocycles. The molecule has 7 nitrogen and oxygen atoms in total. The van der Waals surface area contributed by atoms with Crippen LogP contribution in [0.1, 0.15) is 10.4 Å². The summed E-state index contributed by atoms with van der Waals surface area (Å²) < 4.78 is 12.2. The van der Waals surface area contributed by atoms with E-state index in [-0.39, 0.29) is 5.91 Å². The van der Waals surface area contributed by atoms with Gasteiger partial charge in [0.25, 0.3) is 5.91 Å². The molecule has 0 atom stereocenters. The molecule has 1 aliphatic heterocycles. The molecule has 2 aromatic carbocycles. The molecule has 1 N–H and O–H groups in total. The van der Waals surface area contributed by atoms with Crippen LogP contribution < -0.4 is 10.1 Å². The lowest BCUT2D eigenvalue weighted by Crippen LogP contribution is -2.40. The largest absolute Gasteiger partial charge is 0.437 e. The molecule has 3 heterocycles. The molecule has 2 aromatic heterocycles. The number of hydrogen-bond acceptors (Lipinski definition) is 7. The van der Waals surface area contributed by atoms with E-state index in [4.69, 9.17) is 9.47 Å². The first-order valence-electron chi connectivity index (χ1n) is 9.98. The van der Waals surface area contributed by atoms with Crippen molar-refractivity contribution in [2.75, 3.05) is 31.6 Å². The standard InChI is InChI=1S/C23H20N4O3S/c28-22(27-11-13-29-14-12-27)16-6-8-17(9-7-16)24-23-25-19-10-15-31-20(19)21(26-23)30-18-4-2-1-3-5-18/h1-10,15H,11-14H2,(H,24,25,26). The number of morpholine rings is 1. The Labute approximate surface area is 183 Å². The third-order valence-corrected chi connectivity index (χ3v) is 5.81. The molecule has 0 radical (unpaired) electrons. The molecule has 156 valence electrons. The fourth-order valence-electron chi connectivity index (χ4n) is 3.34. The number of benzene rings is 2. The molecule has 1 amide bonds. The average Bonchev–Trinajstić information content (AvgIpc) is 3.29. The van der Waals surface area contributed by atoms with Crippen LogP contribution in [0.25, 0.3) is 10.2 Å². The smallest absolute Gasteiger partial charge is 0.254 e. The van der Waals surface area contributed by atoms with Crippen LogP contribution in [0, 0.1) is 0 Å². The number of hydrogen-bond donors (Lipinski definition) is 1. The summed E-state index contributed by atoms with van der Waals surface area (Å²) >= 11 is 1.54. The van der Waals surface area contributed by atoms with Gasteiger partial charge in [0.2, 0.25) is 11.8 Å². The van der Waals surface area contributed by atoms with E-state index in [1.807, 2.05) is 70.9 Å². The normalized spacial score (nSPS) is 13.9. The third kappa shape index (κ3) is 4.35. The lowest BCUT2D eigenvalue weighted by atomic mass is 10.1. The second-order valence-corrected chi connectivity index (χ2v) is 7.93. The predicted molar refractivity (Wildman–Crippen MR) is 120 cm³/mol. The fourth-order valence-corrected chi connectivity index (χ4v) is 4.09. The van der Waals surface area contributed by atoms with E-state index in [0.29, 0.717) is 49.4 Å². The molecule has 0 bridgehead atoms. The zero-order chi connectivity index (χ0) is 21.0. The first-order chi connectivity index (χ1) is 15.3. The van der Waals surface area contributed by atoms with Crippen LogP contribution in [0.5, 0.6) is 11.6 Å². The maximum absolute atomic E-state index is 12.6. The van der Waals surface area contributed by atoms with E-state index in [1.54, 1.807) is 0 Å². The maximum Gasteiger partial charge on any atom is 0.254 e. The van der Waals surface area contributed by atoms with Crippen molar-refractivity contribution in [3.05, 3.63) is 71.6 Å². The molecule has 0 saturated carbocycles. The number of para-hydroxylation sites is 1. The van der Waals surface area contributed by atoms with Crippen LogP contribution in [0.4, 0.5) is 11.6 Å². The van der Waals surface area contributed by atoms with Crippen molar-refractivity contribution in [1.82, 2.24) is 14.9 Å². The summed E-state index contributed by atoms with van der Waals surface area (Å²) in [5, 5.41) is 5.18. The first kappa shape index (κ1) is 19.5. The van der Waals surface area contributed by atoms with Crippen molar-refractivity contribution >= 4 is 39.1 Å². The van der Waals surface area contributed by atoms with Crippen LogP contribution >= 0.6 is 11.3 Å². The summed E-state index contributed by atoms with van der Waals surface area (Å²) in [5.41, 5.74) is 2.25. The minimum absolute atomic E-state index is 0.0179. The van der Waals surface area contributed by atoms with Gasteiger partial charge in [-0.3, -0.25) is 4.79 Å². The summed E-state index contributed by atoms with van der Waals surface area (Å²) in [6.45, 7) is 2.41. The molecule has 8 heteroatoms. The summed E-state index contributed by atoms with van der Waals surface area (Å²) in [5.74, 6) is 1.68. The zero-order valence-corrected chi connectivity index (χ0v) is 17.5. The molecule has 1 fully saturated rings. The van der Waals surface area contributed by atoms with Gasteiger partial charge >= 0.3 is 0 Å². The van der Waals surface area contributed by atoms with Crippen LogP contribution in [-0.4, -0.2) is 47.1 Å². The number of carbonyl (C=O) groups excluding carboxylic acids is 1. The topological polar surface area (TPSA) is 76.6 Å². The molecule has 0 spiro atoms. The average molecular weight is 433 g/mol. The van der Waals surface area contributed by atoms with E-state index >= 15 is 0 Å². The molecule has 4 aromatic rings. The Hall–Kier alpha value is -3.49. The zero-order valence-electron chi connectivity index (χ0n) is 16.7. The SMILES string of the molecule is O=C(c1ccc(Nc2nc(Oc3ccccc3)c3sccc3n2)cc1)N1CCOCC1. The van der Waals surface area contributed by atoms with E-state index in [9.17, 15) is 4.79 Å². The van der Waals surface area contributed by atoms with E-state index in [2.05, 4.69) is 15.3 Å². The van der Waals surface area contributed by atoms with Crippen molar-refractivity contribution < 1.29 is 14.3 Å². The van der Waals surface area contributed by atoms with Crippen molar-refractivity contribution in [3.8, 4) is 11.6 Å². The second-order valence-electron chi connectivity index (χ2n) is 7.01. The van der Waals surface area contributed by atoms with Crippen molar-refractivity contribution in [3.63, 3.8) is 0 Å². The number of thiophene rings is 1. The van der Waals surface area contributed by atoms with Crippen LogP contribution in [0.15, 0.2) is 66.0 Å². The Morgan fingerprint density at radius 3 is 2.55 bits per heavy atom. The molecule has 1 saturated heterocycles. The Morgan fingerprint density at radius 2 is 1.77 bits per heavy atom. The Balaban J connectivity index is 1.36. The van der Waals surface area contributed by atoms with Gasteiger partial charge in [0, 0.05) is 24.3 Å². The fraction of sp³-hybridized carbons (Fsp3) is 0.174. The van der Waals surface area contributed by atoms with Gasteiger partial charge in [-0.05, 0) is 47.8 Å². The van der Waals surface area contributed by atoms with Gasteiger partial charge in [0.15, 0.2) is 0 Å². The second kappa shape index (κ2) is 8.71. The number of amides is 1. The van der Waals surface area contributed by atoms with Gasteiger partial charge in [-0.2, -0.15) is 4.98 Å². The molecular weight excluding hydrogens is 412 g/mol. The molecule has 0 unspecified atom stereocenters. The summed E-state index contributed by atoms with van der Waals surface area (Å²) in [4.78, 5) is 23.6. The lowest BCUT2D eigenvalue weighted by molar-refractivity contribution is 0.0303. The maximum atomic E-state index is 12.6. The third-order valence-electron chi connectivity index (χ3n) is 4.92. The highest BCUT2D eigenvalue weighted by molar-refractivity contribution is 7.17. The number of fused-ring (bicyclic) bond motifs is 1. The number of nitrogens with one attached hydrogen (secondary N) is 1. The van der Waals surface area contributed by atoms with Gasteiger partial charge in [-0.25, -0.2) is 4.98 Å². The number of rotatable bonds is 5. The Morgan fingerprint density at radius 1 is 1.00 bits per heavy atom. The summed E-state index contributed by atoms with van der Waals surface area (Å²) in [6, 6.07) is 18.8. The molecule has 5 rings (SSSR count). The quantitative estimate of drug-likeness (QED) is 0.493. The van der Waals surface area contributed by atoms with Gasteiger partial charge < -0.3 is 19.7 Å². The molecular formula is C23H20N4O3S. The minimum atomic E-state index is 0.0179. The summed E-state index contributed by atoms with van der Waals surface area (Å²) in [6.07, 6.45) is 0. The van der Waals surface area contributed by atoms with Crippen molar-refractivity contribution in [2.45, 2.75) is 0 Å². The van der Waals surface area contributed by atoms with Gasteiger partial charge in [-0.15, -0.1) is 11.3 Å². The highest BCUT2D eigenvalue weighted by atomic mass is 32.1. The van der Waals surface area contributed by atoms with Crippen LogP contribution in [0.3, 0.4) is 0 Å². The number of carbonyl (C=O) groups is 1. The predicted octanol–water partition coefficient (Wildman–Crippen LogP) is 4.70. The van der Waals surface area contributed by atoms with E-state index < -0.39 is 0 Å². The van der Waals surface area contributed by atoms with Crippen LogP contribution in [0.2, 0.25) is 0 Å². The van der Waals surface area contributed by atoms with Gasteiger partial charge in [-0.1, -0.05) is 18.2 Å².